The van der Waals surface area contributed by atoms with E-state index in [1.54, 1.807) is 0 Å². The fourth-order valence-electron chi connectivity index (χ4n) is 1.68. The molecule has 0 aliphatic carbocycles. The third kappa shape index (κ3) is 2.15. The van der Waals surface area contributed by atoms with Gasteiger partial charge in [0.25, 0.3) is 0 Å². The molecule has 0 spiro atoms. The summed E-state index contributed by atoms with van der Waals surface area (Å²) >= 11 is 0. The van der Waals surface area contributed by atoms with Crippen molar-refractivity contribution in [3.05, 3.63) is 0 Å². The fourth-order valence-corrected chi connectivity index (χ4v) is 1.68. The molecule has 3 nitrogen and oxygen atoms in total. The third-order valence-electron chi connectivity index (χ3n) is 2.59. The number of rotatable bonds is 3. The second kappa shape index (κ2) is 3.52. The molecule has 11 heavy (non-hydrogen) atoms. The van der Waals surface area contributed by atoms with Gasteiger partial charge in [0, 0.05) is 12.5 Å². The van der Waals surface area contributed by atoms with Gasteiger partial charge in [-0.05, 0) is 32.9 Å². The summed E-state index contributed by atoms with van der Waals surface area (Å²) in [5, 5.41) is 13.1. The Kier molecular flexibility index (Phi) is 2.87. The molecular formula is C8H18N2O. The normalized spacial score (nSPS) is 30.3. The topological polar surface area (TPSA) is 58.3 Å². The second-order valence-electron chi connectivity index (χ2n) is 3.59. The molecule has 0 aromatic rings. The first kappa shape index (κ1) is 8.97. The van der Waals surface area contributed by atoms with Crippen molar-refractivity contribution in [2.45, 2.75) is 25.4 Å². The molecule has 0 aromatic carbocycles. The molecule has 1 aliphatic heterocycles. The summed E-state index contributed by atoms with van der Waals surface area (Å²) in [4.78, 5) is 0. The van der Waals surface area contributed by atoms with E-state index in [-0.39, 0.29) is 0 Å². The van der Waals surface area contributed by atoms with Crippen molar-refractivity contribution >= 4 is 0 Å². The largest absolute Gasteiger partial charge is 0.390 e. The van der Waals surface area contributed by atoms with Gasteiger partial charge in [-0.3, -0.25) is 0 Å². The molecule has 66 valence electrons. The summed E-state index contributed by atoms with van der Waals surface area (Å²) in [6, 6.07) is 0. The minimum Gasteiger partial charge on any atom is -0.390 e. The molecule has 1 heterocycles. The van der Waals surface area contributed by atoms with Crippen LogP contribution < -0.4 is 11.1 Å². The van der Waals surface area contributed by atoms with Crippen molar-refractivity contribution in [2.75, 3.05) is 19.6 Å². The van der Waals surface area contributed by atoms with Gasteiger partial charge in [-0.15, -0.1) is 0 Å². The number of nitrogens with two attached hydrogens (primary N) is 1. The molecule has 0 bridgehead atoms. The predicted molar refractivity (Wildman–Crippen MR) is 45.3 cm³/mol. The molecule has 1 saturated heterocycles. The van der Waals surface area contributed by atoms with E-state index in [0.717, 1.165) is 19.5 Å². The highest BCUT2D eigenvalue weighted by molar-refractivity contribution is 4.87. The van der Waals surface area contributed by atoms with Crippen molar-refractivity contribution in [1.82, 2.24) is 5.32 Å². The quantitative estimate of drug-likeness (QED) is 0.528. The van der Waals surface area contributed by atoms with Crippen LogP contribution in [-0.4, -0.2) is 30.3 Å². The van der Waals surface area contributed by atoms with Gasteiger partial charge in [0.1, 0.15) is 0 Å². The molecule has 2 unspecified atom stereocenters. The van der Waals surface area contributed by atoms with E-state index >= 15 is 0 Å². The van der Waals surface area contributed by atoms with E-state index in [4.69, 9.17) is 5.73 Å². The van der Waals surface area contributed by atoms with Crippen molar-refractivity contribution in [2.24, 2.45) is 11.7 Å². The molecule has 0 aromatic heterocycles. The first-order chi connectivity index (χ1) is 5.17. The van der Waals surface area contributed by atoms with Gasteiger partial charge in [-0.2, -0.15) is 0 Å². The first-order valence-corrected chi connectivity index (χ1v) is 4.30. The summed E-state index contributed by atoms with van der Waals surface area (Å²) < 4.78 is 0. The van der Waals surface area contributed by atoms with E-state index in [1.807, 2.05) is 6.92 Å². The summed E-state index contributed by atoms with van der Waals surface area (Å²) in [6.45, 7) is 4.43. The molecule has 0 amide bonds. The number of hydrogen-bond acceptors (Lipinski definition) is 3. The molecule has 0 saturated carbocycles. The molecule has 0 radical (unpaired) electrons. The Morgan fingerprint density at radius 1 is 1.73 bits per heavy atom. The van der Waals surface area contributed by atoms with Crippen LogP contribution in [-0.2, 0) is 0 Å². The molecule has 4 N–H and O–H groups in total. The van der Waals surface area contributed by atoms with Crippen LogP contribution in [0.2, 0.25) is 0 Å². The predicted octanol–water partition coefficient (Wildman–Crippen LogP) is -0.304. The highest BCUT2D eigenvalue weighted by Crippen LogP contribution is 2.25. The molecule has 1 aliphatic rings. The van der Waals surface area contributed by atoms with Gasteiger partial charge in [-0.1, -0.05) is 0 Å². The maximum atomic E-state index is 9.89. The average molecular weight is 158 g/mol. The Morgan fingerprint density at radius 2 is 2.45 bits per heavy atom. The minimum absolute atomic E-state index is 0.394. The highest BCUT2D eigenvalue weighted by Gasteiger charge is 2.32. The molecule has 1 rings (SSSR count). The van der Waals surface area contributed by atoms with Crippen molar-refractivity contribution in [1.29, 1.82) is 0 Å². The zero-order chi connectivity index (χ0) is 8.32. The van der Waals surface area contributed by atoms with Crippen LogP contribution in [0.5, 0.6) is 0 Å². The van der Waals surface area contributed by atoms with Gasteiger partial charge in [0.2, 0.25) is 0 Å². The Morgan fingerprint density at radius 3 is 2.91 bits per heavy atom. The lowest BCUT2D eigenvalue weighted by molar-refractivity contribution is 0.00123. The standard InChI is InChI=1S/C8H18N2O/c1-8(11,3-4-9)7-2-5-10-6-7/h7,10-11H,2-6,9H2,1H3. The third-order valence-corrected chi connectivity index (χ3v) is 2.59. The summed E-state index contributed by atoms with van der Waals surface area (Å²) in [5.74, 6) is 0.394. The lowest BCUT2D eigenvalue weighted by atomic mass is 9.86. The number of hydrogen-bond donors (Lipinski definition) is 3. The van der Waals surface area contributed by atoms with Crippen LogP contribution in [0.4, 0.5) is 0 Å². The second-order valence-corrected chi connectivity index (χ2v) is 3.59. The van der Waals surface area contributed by atoms with E-state index in [1.165, 1.54) is 0 Å². The highest BCUT2D eigenvalue weighted by atomic mass is 16.3. The fraction of sp³-hybridized carbons (Fsp3) is 1.00. The van der Waals surface area contributed by atoms with Gasteiger partial charge in [0.05, 0.1) is 5.60 Å². The van der Waals surface area contributed by atoms with Gasteiger partial charge in [-0.25, -0.2) is 0 Å². The van der Waals surface area contributed by atoms with Crippen molar-refractivity contribution in [3.63, 3.8) is 0 Å². The number of aliphatic hydroxyl groups is 1. The smallest absolute Gasteiger partial charge is 0.0672 e. The van der Waals surface area contributed by atoms with E-state index < -0.39 is 5.60 Å². The Labute approximate surface area is 68.0 Å². The van der Waals surface area contributed by atoms with Crippen LogP contribution in [0.15, 0.2) is 0 Å². The first-order valence-electron chi connectivity index (χ1n) is 4.30. The average Bonchev–Trinajstić information content (AvgIpc) is 2.37. The summed E-state index contributed by atoms with van der Waals surface area (Å²) in [5.41, 5.74) is 4.84. The van der Waals surface area contributed by atoms with Crippen LogP contribution in [0.3, 0.4) is 0 Å². The lowest BCUT2D eigenvalue weighted by Crippen LogP contribution is -2.37. The van der Waals surface area contributed by atoms with E-state index in [9.17, 15) is 5.11 Å². The van der Waals surface area contributed by atoms with Crippen molar-refractivity contribution < 1.29 is 5.11 Å². The maximum Gasteiger partial charge on any atom is 0.0672 e. The lowest BCUT2D eigenvalue weighted by Gasteiger charge is -2.28. The monoisotopic (exact) mass is 158 g/mol. The maximum absolute atomic E-state index is 9.89. The van der Waals surface area contributed by atoms with Crippen LogP contribution in [0, 0.1) is 5.92 Å². The zero-order valence-corrected chi connectivity index (χ0v) is 7.14. The van der Waals surface area contributed by atoms with Crippen LogP contribution >= 0.6 is 0 Å². The Bertz CT molecular complexity index is 119. The minimum atomic E-state index is -0.557. The molecule has 3 heteroatoms. The Balaban J connectivity index is 2.41. The van der Waals surface area contributed by atoms with Gasteiger partial charge >= 0.3 is 0 Å². The van der Waals surface area contributed by atoms with E-state index in [2.05, 4.69) is 5.32 Å². The van der Waals surface area contributed by atoms with Gasteiger partial charge in [0.15, 0.2) is 0 Å². The zero-order valence-electron chi connectivity index (χ0n) is 7.14. The molecule has 1 fully saturated rings. The van der Waals surface area contributed by atoms with E-state index in [0.29, 0.717) is 18.9 Å². The van der Waals surface area contributed by atoms with Crippen LogP contribution in [0.1, 0.15) is 19.8 Å². The molecular weight excluding hydrogens is 140 g/mol. The SMILES string of the molecule is CC(O)(CCN)C1CCNC1. The summed E-state index contributed by atoms with van der Waals surface area (Å²) in [6.07, 6.45) is 1.78. The van der Waals surface area contributed by atoms with Crippen molar-refractivity contribution in [3.8, 4) is 0 Å². The van der Waals surface area contributed by atoms with Gasteiger partial charge < -0.3 is 16.2 Å². The van der Waals surface area contributed by atoms with Crippen LogP contribution in [0.25, 0.3) is 0 Å². The Hall–Kier alpha value is -0.120. The molecule has 2 atom stereocenters. The number of nitrogens with one attached hydrogen (secondary N) is 1. The summed E-state index contributed by atoms with van der Waals surface area (Å²) in [7, 11) is 0.